The largest absolute Gasteiger partial charge is 0.376 e. The first-order chi connectivity index (χ1) is 10.0. The van der Waals surface area contributed by atoms with Gasteiger partial charge in [0.05, 0.1) is 6.54 Å². The van der Waals surface area contributed by atoms with E-state index in [4.69, 9.17) is 11.6 Å². The summed E-state index contributed by atoms with van der Waals surface area (Å²) in [7, 11) is 0. The van der Waals surface area contributed by atoms with Crippen molar-refractivity contribution in [1.82, 2.24) is 5.32 Å². The molecule has 1 amide bonds. The van der Waals surface area contributed by atoms with Gasteiger partial charge in [0.2, 0.25) is 5.91 Å². The van der Waals surface area contributed by atoms with Gasteiger partial charge in [-0.25, -0.2) is 4.39 Å². The fraction of sp³-hybridized carbons (Fsp3) is 0.188. The molecular formula is C16H16ClFN2O. The maximum atomic E-state index is 12.8. The number of halogens is 2. The van der Waals surface area contributed by atoms with Gasteiger partial charge in [-0.2, -0.15) is 0 Å². The second-order valence-corrected chi connectivity index (χ2v) is 5.15. The van der Waals surface area contributed by atoms with Crippen LogP contribution in [0, 0.1) is 12.7 Å². The smallest absolute Gasteiger partial charge is 0.239 e. The molecule has 0 aliphatic carbocycles. The Hall–Kier alpha value is -2.07. The molecule has 2 aromatic carbocycles. The average molecular weight is 307 g/mol. The summed E-state index contributed by atoms with van der Waals surface area (Å²) in [6.07, 6.45) is 0. The molecule has 0 fully saturated rings. The van der Waals surface area contributed by atoms with E-state index in [1.54, 1.807) is 18.2 Å². The first-order valence-electron chi connectivity index (χ1n) is 6.56. The summed E-state index contributed by atoms with van der Waals surface area (Å²) in [5.41, 5.74) is 2.71. The molecule has 3 nitrogen and oxygen atoms in total. The van der Waals surface area contributed by atoms with Crippen molar-refractivity contribution in [2.45, 2.75) is 13.5 Å². The lowest BCUT2D eigenvalue weighted by atomic mass is 10.2. The molecule has 0 unspecified atom stereocenters. The number of amides is 1. The Balaban J connectivity index is 1.80. The van der Waals surface area contributed by atoms with E-state index in [9.17, 15) is 9.18 Å². The molecule has 21 heavy (non-hydrogen) atoms. The number of hydrogen-bond donors (Lipinski definition) is 2. The molecule has 0 saturated carbocycles. The first kappa shape index (κ1) is 15.3. The van der Waals surface area contributed by atoms with E-state index < -0.39 is 0 Å². The van der Waals surface area contributed by atoms with Crippen molar-refractivity contribution in [3.8, 4) is 0 Å². The van der Waals surface area contributed by atoms with Crippen LogP contribution in [0.2, 0.25) is 5.02 Å². The molecular weight excluding hydrogens is 291 g/mol. The minimum atomic E-state index is -0.287. The van der Waals surface area contributed by atoms with Crippen LogP contribution in [0.25, 0.3) is 0 Å². The molecule has 0 heterocycles. The van der Waals surface area contributed by atoms with Crippen molar-refractivity contribution in [1.29, 1.82) is 0 Å². The fourth-order valence-corrected chi connectivity index (χ4v) is 2.09. The zero-order valence-corrected chi connectivity index (χ0v) is 12.4. The van der Waals surface area contributed by atoms with Crippen molar-refractivity contribution in [2.24, 2.45) is 0 Å². The van der Waals surface area contributed by atoms with Crippen LogP contribution in [0.3, 0.4) is 0 Å². The molecule has 2 rings (SSSR count). The summed E-state index contributed by atoms with van der Waals surface area (Å²) in [6, 6.07) is 11.5. The summed E-state index contributed by atoms with van der Waals surface area (Å²) in [6.45, 7) is 2.47. The van der Waals surface area contributed by atoms with Crippen molar-refractivity contribution in [3.05, 3.63) is 64.4 Å². The predicted octanol–water partition coefficient (Wildman–Crippen LogP) is 3.52. The summed E-state index contributed by atoms with van der Waals surface area (Å²) in [5, 5.41) is 6.49. The lowest BCUT2D eigenvalue weighted by Gasteiger charge is -2.10. The van der Waals surface area contributed by atoms with Crippen molar-refractivity contribution in [2.75, 3.05) is 11.9 Å². The van der Waals surface area contributed by atoms with Crippen LogP contribution >= 0.6 is 11.6 Å². The molecule has 0 aliphatic heterocycles. The number of hydrogen-bond acceptors (Lipinski definition) is 2. The van der Waals surface area contributed by atoms with E-state index in [1.165, 1.54) is 12.1 Å². The topological polar surface area (TPSA) is 41.1 Å². The molecule has 0 aromatic heterocycles. The standard InChI is InChI=1S/C16H16ClFN2O/c1-11-8-13(17)4-7-15(11)19-10-16(21)20-9-12-2-5-14(18)6-3-12/h2-8,19H,9-10H2,1H3,(H,20,21). The lowest BCUT2D eigenvalue weighted by Crippen LogP contribution is -2.29. The minimum absolute atomic E-state index is 0.131. The predicted molar refractivity (Wildman–Crippen MR) is 82.9 cm³/mol. The SMILES string of the molecule is Cc1cc(Cl)ccc1NCC(=O)NCc1ccc(F)cc1. The van der Waals surface area contributed by atoms with Crippen LogP contribution in [-0.4, -0.2) is 12.5 Å². The molecule has 0 atom stereocenters. The van der Waals surface area contributed by atoms with Crippen LogP contribution in [0.5, 0.6) is 0 Å². The second-order valence-electron chi connectivity index (χ2n) is 4.72. The van der Waals surface area contributed by atoms with E-state index in [-0.39, 0.29) is 18.3 Å². The molecule has 2 N–H and O–H groups in total. The zero-order valence-electron chi connectivity index (χ0n) is 11.6. The van der Waals surface area contributed by atoms with Gasteiger partial charge in [0, 0.05) is 17.3 Å². The van der Waals surface area contributed by atoms with Crippen LogP contribution in [0.1, 0.15) is 11.1 Å². The summed E-state index contributed by atoms with van der Waals surface area (Å²) in [4.78, 5) is 11.8. The zero-order chi connectivity index (χ0) is 15.2. The summed E-state index contributed by atoms with van der Waals surface area (Å²) < 4.78 is 12.8. The molecule has 0 bridgehead atoms. The van der Waals surface area contributed by atoms with Crippen LogP contribution in [0.15, 0.2) is 42.5 Å². The molecule has 2 aromatic rings. The van der Waals surface area contributed by atoms with Crippen molar-refractivity contribution in [3.63, 3.8) is 0 Å². The van der Waals surface area contributed by atoms with Gasteiger partial charge in [0.25, 0.3) is 0 Å². The Labute approximate surface area is 128 Å². The summed E-state index contributed by atoms with van der Waals surface area (Å²) in [5.74, 6) is -0.418. The fourth-order valence-electron chi connectivity index (χ4n) is 1.87. The molecule has 110 valence electrons. The number of rotatable bonds is 5. The third-order valence-corrected chi connectivity index (χ3v) is 3.27. The first-order valence-corrected chi connectivity index (χ1v) is 6.93. The number of aryl methyl sites for hydroxylation is 1. The average Bonchev–Trinajstić information content (AvgIpc) is 2.46. The Kier molecular flexibility index (Phi) is 5.17. The highest BCUT2D eigenvalue weighted by molar-refractivity contribution is 6.30. The quantitative estimate of drug-likeness (QED) is 0.887. The Morgan fingerprint density at radius 1 is 1.19 bits per heavy atom. The third kappa shape index (κ3) is 4.76. The van der Waals surface area contributed by atoms with E-state index in [1.807, 2.05) is 19.1 Å². The van der Waals surface area contributed by atoms with Gasteiger partial charge in [0.15, 0.2) is 0 Å². The van der Waals surface area contributed by atoms with Gasteiger partial charge in [-0.3, -0.25) is 4.79 Å². The lowest BCUT2D eigenvalue weighted by molar-refractivity contribution is -0.119. The van der Waals surface area contributed by atoms with Gasteiger partial charge in [0.1, 0.15) is 5.82 Å². The van der Waals surface area contributed by atoms with E-state index in [2.05, 4.69) is 10.6 Å². The highest BCUT2D eigenvalue weighted by Gasteiger charge is 2.03. The maximum Gasteiger partial charge on any atom is 0.239 e. The number of nitrogens with one attached hydrogen (secondary N) is 2. The highest BCUT2D eigenvalue weighted by Crippen LogP contribution is 2.19. The number of anilines is 1. The van der Waals surface area contributed by atoms with Gasteiger partial charge in [-0.15, -0.1) is 0 Å². The minimum Gasteiger partial charge on any atom is -0.376 e. The molecule has 0 saturated heterocycles. The highest BCUT2D eigenvalue weighted by atomic mass is 35.5. The Morgan fingerprint density at radius 3 is 2.57 bits per heavy atom. The van der Waals surface area contributed by atoms with Gasteiger partial charge in [-0.05, 0) is 48.4 Å². The number of carbonyl (C=O) groups excluding carboxylic acids is 1. The van der Waals surface area contributed by atoms with Gasteiger partial charge >= 0.3 is 0 Å². The third-order valence-electron chi connectivity index (χ3n) is 3.03. The Bertz CT molecular complexity index is 629. The monoisotopic (exact) mass is 306 g/mol. The van der Waals surface area contributed by atoms with Crippen molar-refractivity contribution < 1.29 is 9.18 Å². The van der Waals surface area contributed by atoms with Gasteiger partial charge < -0.3 is 10.6 Å². The molecule has 5 heteroatoms. The molecule has 0 radical (unpaired) electrons. The normalized spacial score (nSPS) is 10.2. The maximum absolute atomic E-state index is 12.8. The Morgan fingerprint density at radius 2 is 1.90 bits per heavy atom. The number of benzene rings is 2. The van der Waals surface area contributed by atoms with Crippen LogP contribution in [-0.2, 0) is 11.3 Å². The van der Waals surface area contributed by atoms with E-state index >= 15 is 0 Å². The van der Waals surface area contributed by atoms with Crippen LogP contribution < -0.4 is 10.6 Å². The summed E-state index contributed by atoms with van der Waals surface area (Å²) >= 11 is 5.87. The van der Waals surface area contributed by atoms with Gasteiger partial charge in [-0.1, -0.05) is 23.7 Å². The van der Waals surface area contributed by atoms with Crippen molar-refractivity contribution >= 4 is 23.2 Å². The molecule has 0 spiro atoms. The van der Waals surface area contributed by atoms with E-state index in [0.29, 0.717) is 11.6 Å². The molecule has 0 aliphatic rings. The number of carbonyl (C=O) groups is 1. The van der Waals surface area contributed by atoms with E-state index in [0.717, 1.165) is 16.8 Å². The second kappa shape index (κ2) is 7.09. The van der Waals surface area contributed by atoms with Crippen LogP contribution in [0.4, 0.5) is 10.1 Å².